The zero-order valence-corrected chi connectivity index (χ0v) is 13.1. The predicted octanol–water partition coefficient (Wildman–Crippen LogP) is 4.87. The predicted molar refractivity (Wildman–Crippen MR) is 89.9 cm³/mol. The fourth-order valence-corrected chi connectivity index (χ4v) is 3.35. The lowest BCUT2D eigenvalue weighted by molar-refractivity contribution is 1.32. The minimum atomic E-state index is 0.762. The van der Waals surface area contributed by atoms with Crippen molar-refractivity contribution in [1.29, 1.82) is 0 Å². The Morgan fingerprint density at radius 2 is 1.90 bits per heavy atom. The second-order valence-corrected chi connectivity index (χ2v) is 6.41. The van der Waals surface area contributed by atoms with E-state index in [9.17, 15) is 0 Å². The molecule has 100 valence electrons. The molecule has 0 atom stereocenters. The Morgan fingerprint density at radius 1 is 1.10 bits per heavy atom. The molecule has 0 unspecified atom stereocenters. The summed E-state index contributed by atoms with van der Waals surface area (Å²) in [7, 11) is 0. The first-order valence-electron chi connectivity index (χ1n) is 6.24. The van der Waals surface area contributed by atoms with Gasteiger partial charge in [0.15, 0.2) is 0 Å². The van der Waals surface area contributed by atoms with Gasteiger partial charge in [-0.05, 0) is 39.7 Å². The largest absolute Gasteiger partial charge is 0.398 e. The standard InChI is InChI=1S/C16H13BrN2S/c17-12-8-13-14(18)6-7-15(16(13)19-9-12)20-10-11-4-2-1-3-5-11/h1-9H,10,18H2. The molecular weight excluding hydrogens is 332 g/mol. The fourth-order valence-electron chi connectivity index (χ4n) is 2.04. The lowest BCUT2D eigenvalue weighted by Gasteiger charge is -2.08. The van der Waals surface area contributed by atoms with E-state index in [-0.39, 0.29) is 0 Å². The van der Waals surface area contributed by atoms with Crippen molar-refractivity contribution < 1.29 is 0 Å². The van der Waals surface area contributed by atoms with Gasteiger partial charge in [-0.15, -0.1) is 11.8 Å². The fraction of sp³-hybridized carbons (Fsp3) is 0.0625. The molecule has 0 radical (unpaired) electrons. The molecule has 1 heterocycles. The smallest absolute Gasteiger partial charge is 0.0859 e. The van der Waals surface area contributed by atoms with E-state index in [0.717, 1.165) is 31.7 Å². The van der Waals surface area contributed by atoms with Crippen LogP contribution in [0.25, 0.3) is 10.9 Å². The van der Waals surface area contributed by atoms with Gasteiger partial charge in [0.05, 0.1) is 5.52 Å². The number of aromatic nitrogens is 1. The van der Waals surface area contributed by atoms with Gasteiger partial charge < -0.3 is 5.73 Å². The Labute approximate surface area is 130 Å². The van der Waals surface area contributed by atoms with E-state index in [1.165, 1.54) is 5.56 Å². The lowest BCUT2D eigenvalue weighted by atomic mass is 10.2. The molecule has 0 spiro atoms. The van der Waals surface area contributed by atoms with Crippen molar-refractivity contribution >= 4 is 44.3 Å². The van der Waals surface area contributed by atoms with E-state index >= 15 is 0 Å². The Morgan fingerprint density at radius 3 is 2.70 bits per heavy atom. The second kappa shape index (κ2) is 5.85. The maximum absolute atomic E-state index is 6.03. The van der Waals surface area contributed by atoms with Crippen LogP contribution in [0, 0.1) is 0 Å². The van der Waals surface area contributed by atoms with E-state index in [1.54, 1.807) is 11.8 Å². The number of nitrogen functional groups attached to an aromatic ring is 1. The van der Waals surface area contributed by atoms with Gasteiger partial charge in [0.2, 0.25) is 0 Å². The van der Waals surface area contributed by atoms with E-state index in [4.69, 9.17) is 5.73 Å². The van der Waals surface area contributed by atoms with Gasteiger partial charge in [0.1, 0.15) is 0 Å². The number of benzene rings is 2. The summed E-state index contributed by atoms with van der Waals surface area (Å²) in [5.74, 6) is 0.928. The van der Waals surface area contributed by atoms with E-state index < -0.39 is 0 Å². The topological polar surface area (TPSA) is 38.9 Å². The highest BCUT2D eigenvalue weighted by Crippen LogP contribution is 2.33. The molecule has 0 aliphatic rings. The zero-order valence-electron chi connectivity index (χ0n) is 10.7. The molecule has 0 amide bonds. The quantitative estimate of drug-likeness (QED) is 0.544. The molecule has 3 aromatic rings. The first kappa shape index (κ1) is 13.5. The van der Waals surface area contributed by atoms with E-state index in [0.29, 0.717) is 0 Å². The zero-order chi connectivity index (χ0) is 13.9. The average molecular weight is 345 g/mol. The number of fused-ring (bicyclic) bond motifs is 1. The number of rotatable bonds is 3. The first-order valence-corrected chi connectivity index (χ1v) is 8.02. The molecule has 0 saturated carbocycles. The summed E-state index contributed by atoms with van der Waals surface area (Å²) in [4.78, 5) is 5.66. The molecule has 0 aliphatic carbocycles. The molecule has 0 aliphatic heterocycles. The van der Waals surface area contributed by atoms with Gasteiger partial charge in [0.25, 0.3) is 0 Å². The summed E-state index contributed by atoms with van der Waals surface area (Å²) < 4.78 is 0.946. The van der Waals surface area contributed by atoms with Crippen LogP contribution in [0.5, 0.6) is 0 Å². The highest BCUT2D eigenvalue weighted by molar-refractivity contribution is 9.10. The van der Waals surface area contributed by atoms with Crippen LogP contribution in [0.2, 0.25) is 0 Å². The minimum Gasteiger partial charge on any atom is -0.398 e. The number of hydrogen-bond acceptors (Lipinski definition) is 3. The van der Waals surface area contributed by atoms with Gasteiger partial charge in [-0.1, -0.05) is 30.3 Å². The molecule has 3 rings (SSSR count). The van der Waals surface area contributed by atoms with Crippen LogP contribution in [-0.2, 0) is 5.75 Å². The van der Waals surface area contributed by atoms with Gasteiger partial charge >= 0.3 is 0 Å². The summed E-state index contributed by atoms with van der Waals surface area (Å²) in [5.41, 5.74) is 9.07. The monoisotopic (exact) mass is 344 g/mol. The summed E-state index contributed by atoms with van der Waals surface area (Å²) in [6, 6.07) is 16.4. The molecule has 2 N–H and O–H groups in total. The van der Waals surface area contributed by atoms with Crippen LogP contribution < -0.4 is 5.73 Å². The molecule has 4 heteroatoms. The van der Waals surface area contributed by atoms with Crippen LogP contribution in [0.15, 0.2) is 64.1 Å². The maximum atomic E-state index is 6.03. The molecule has 0 fully saturated rings. The van der Waals surface area contributed by atoms with Crippen LogP contribution in [0.3, 0.4) is 0 Å². The maximum Gasteiger partial charge on any atom is 0.0859 e. The second-order valence-electron chi connectivity index (χ2n) is 4.48. The highest BCUT2D eigenvalue weighted by Gasteiger charge is 2.07. The van der Waals surface area contributed by atoms with Gasteiger partial charge in [-0.25, -0.2) is 0 Å². The third kappa shape index (κ3) is 2.81. The van der Waals surface area contributed by atoms with Gasteiger partial charge in [-0.2, -0.15) is 0 Å². The number of halogens is 1. The molecule has 20 heavy (non-hydrogen) atoms. The van der Waals surface area contributed by atoms with Crippen molar-refractivity contribution in [2.75, 3.05) is 5.73 Å². The lowest BCUT2D eigenvalue weighted by Crippen LogP contribution is -1.91. The Balaban J connectivity index is 1.94. The number of nitrogens with zero attached hydrogens (tertiary/aromatic N) is 1. The number of anilines is 1. The Bertz CT molecular complexity index is 744. The highest BCUT2D eigenvalue weighted by atomic mass is 79.9. The van der Waals surface area contributed by atoms with Crippen LogP contribution in [0.4, 0.5) is 5.69 Å². The number of nitrogens with two attached hydrogens (primary N) is 1. The first-order chi connectivity index (χ1) is 9.74. The molecule has 0 bridgehead atoms. The van der Waals surface area contributed by atoms with Crippen molar-refractivity contribution in [3.63, 3.8) is 0 Å². The van der Waals surface area contributed by atoms with Crippen LogP contribution in [-0.4, -0.2) is 4.98 Å². The average Bonchev–Trinajstić information content (AvgIpc) is 2.48. The van der Waals surface area contributed by atoms with Crippen molar-refractivity contribution in [3.05, 3.63) is 64.8 Å². The number of thioether (sulfide) groups is 1. The number of hydrogen-bond donors (Lipinski definition) is 1. The molecule has 2 aromatic carbocycles. The van der Waals surface area contributed by atoms with Crippen molar-refractivity contribution in [2.24, 2.45) is 0 Å². The molecule has 0 saturated heterocycles. The molecule has 2 nitrogen and oxygen atoms in total. The summed E-state index contributed by atoms with van der Waals surface area (Å²) >= 11 is 5.23. The summed E-state index contributed by atoms with van der Waals surface area (Å²) in [6.45, 7) is 0. The van der Waals surface area contributed by atoms with E-state index in [2.05, 4.69) is 45.2 Å². The van der Waals surface area contributed by atoms with Crippen molar-refractivity contribution in [1.82, 2.24) is 4.98 Å². The Hall–Kier alpha value is -1.52. The van der Waals surface area contributed by atoms with Crippen LogP contribution in [0.1, 0.15) is 5.56 Å². The minimum absolute atomic E-state index is 0.762. The number of pyridine rings is 1. The van der Waals surface area contributed by atoms with Gasteiger partial charge in [0, 0.05) is 32.4 Å². The van der Waals surface area contributed by atoms with Gasteiger partial charge in [-0.3, -0.25) is 4.98 Å². The van der Waals surface area contributed by atoms with Crippen LogP contribution >= 0.6 is 27.7 Å². The van der Waals surface area contributed by atoms with E-state index in [1.807, 2.05) is 30.5 Å². The summed E-state index contributed by atoms with van der Waals surface area (Å²) in [5, 5.41) is 0.998. The normalized spacial score (nSPS) is 10.8. The van der Waals surface area contributed by atoms with Crippen molar-refractivity contribution in [2.45, 2.75) is 10.6 Å². The SMILES string of the molecule is Nc1ccc(SCc2ccccc2)c2ncc(Br)cc12. The Kier molecular flexibility index (Phi) is 3.94. The third-order valence-electron chi connectivity index (χ3n) is 3.05. The summed E-state index contributed by atoms with van der Waals surface area (Å²) in [6.07, 6.45) is 1.81. The molecular formula is C16H13BrN2S. The third-order valence-corrected chi connectivity index (χ3v) is 4.60. The molecule has 1 aromatic heterocycles. The van der Waals surface area contributed by atoms with Crippen molar-refractivity contribution in [3.8, 4) is 0 Å².